The van der Waals surface area contributed by atoms with Crippen molar-refractivity contribution in [1.29, 1.82) is 0 Å². The lowest BCUT2D eigenvalue weighted by Crippen LogP contribution is -2.47. The fourth-order valence-electron chi connectivity index (χ4n) is 5.29. The Balaban J connectivity index is 1.25. The van der Waals surface area contributed by atoms with E-state index in [2.05, 4.69) is 43.4 Å². The molecule has 1 amide bonds. The van der Waals surface area contributed by atoms with E-state index in [-0.39, 0.29) is 17.9 Å². The number of fused-ring (bicyclic) bond motifs is 1. The first-order chi connectivity index (χ1) is 18.0. The molecule has 1 N–H and O–H groups in total. The van der Waals surface area contributed by atoms with Gasteiger partial charge in [-0.15, -0.1) is 0 Å². The Bertz CT molecular complexity index is 1310. The van der Waals surface area contributed by atoms with Crippen LogP contribution in [0.2, 0.25) is 0 Å². The topological polar surface area (TPSA) is 92.6 Å². The first-order valence-corrected chi connectivity index (χ1v) is 14.6. The van der Waals surface area contributed by atoms with Crippen molar-refractivity contribution in [2.24, 2.45) is 5.92 Å². The molecule has 2 aliphatic heterocycles. The molecule has 1 aromatic carbocycles. The molecular weight excluding hydrogens is 488 g/mol. The molecule has 2 saturated heterocycles. The lowest BCUT2D eigenvalue weighted by Gasteiger charge is -2.35. The number of ether oxygens (including phenoxy) is 1. The normalized spacial score (nSPS) is 22.3. The molecule has 37 heavy (non-hydrogen) atoms. The van der Waals surface area contributed by atoms with Crippen LogP contribution in [0, 0.1) is 5.92 Å². The number of nitrogens with zero attached hydrogens (tertiary/aromatic N) is 5. The summed E-state index contributed by atoms with van der Waals surface area (Å²) in [5, 5.41) is 2.91. The van der Waals surface area contributed by atoms with Crippen molar-refractivity contribution in [2.45, 2.75) is 45.3 Å². The van der Waals surface area contributed by atoms with Crippen molar-refractivity contribution in [3.63, 3.8) is 0 Å². The van der Waals surface area contributed by atoms with Gasteiger partial charge < -0.3 is 19.5 Å². The number of aromatic nitrogens is 3. The highest BCUT2D eigenvalue weighted by Gasteiger charge is 2.31. The summed E-state index contributed by atoms with van der Waals surface area (Å²) in [6.45, 7) is 7.97. The highest BCUT2D eigenvalue weighted by molar-refractivity contribution is 7.82. The molecule has 0 radical (unpaired) electrons. The number of imidazole rings is 1. The molecule has 3 atom stereocenters. The van der Waals surface area contributed by atoms with Crippen molar-refractivity contribution in [3.05, 3.63) is 36.7 Å². The molecule has 10 heteroatoms. The van der Waals surface area contributed by atoms with E-state index in [1.54, 1.807) is 0 Å². The Kier molecular flexibility index (Phi) is 6.62. The number of nitrogens with one attached hydrogen (secondary N) is 1. The van der Waals surface area contributed by atoms with Crippen LogP contribution in [-0.2, 0) is 15.8 Å². The van der Waals surface area contributed by atoms with Crippen molar-refractivity contribution in [1.82, 2.24) is 24.2 Å². The minimum Gasteiger partial charge on any atom is -0.473 e. The zero-order valence-electron chi connectivity index (χ0n) is 21.4. The van der Waals surface area contributed by atoms with Gasteiger partial charge in [-0.2, -0.15) is 0 Å². The Hall–Kier alpha value is -2.98. The number of benzene rings is 1. The Labute approximate surface area is 219 Å². The standard InChI is InChI=1S/C27H34N6O3S/c1-3-37(35)32-12-10-31(11-13-32)21-6-4-19(5-7-21)23-15-24-26(33(17-29-24)22-8-9-22)27(30-23)36-18(2)20-14-25(34)28-16-20/h4-7,15,17-18,20,22H,3,8-14,16H2,1-2H3,(H,28,34)/t18-,20-,37?/m1/s1. The molecular formula is C27H34N6O3S. The molecule has 0 spiro atoms. The second kappa shape index (κ2) is 10.1. The SMILES string of the molecule is CCS(=O)N1CCN(c2ccc(-c3cc4ncn(C5CC5)c4c(O[C@H](C)[C@H]4CNC(=O)C4)n3)cc2)CC1. The van der Waals surface area contributed by atoms with Gasteiger partial charge >= 0.3 is 0 Å². The summed E-state index contributed by atoms with van der Waals surface area (Å²) in [7, 11) is -0.873. The van der Waals surface area contributed by atoms with Crippen molar-refractivity contribution >= 4 is 33.6 Å². The minimum atomic E-state index is -0.873. The molecule has 6 rings (SSSR count). The van der Waals surface area contributed by atoms with Crippen LogP contribution in [0.1, 0.15) is 39.2 Å². The Morgan fingerprint density at radius 3 is 2.57 bits per heavy atom. The molecule has 9 nitrogen and oxygen atoms in total. The third-order valence-corrected chi connectivity index (χ3v) is 9.17. The summed E-state index contributed by atoms with van der Waals surface area (Å²) in [4.78, 5) is 23.8. The highest BCUT2D eigenvalue weighted by Crippen LogP contribution is 2.40. The number of hydrogen-bond acceptors (Lipinski definition) is 6. The molecule has 2 aromatic heterocycles. The van der Waals surface area contributed by atoms with E-state index >= 15 is 0 Å². The number of hydrogen-bond donors (Lipinski definition) is 1. The lowest BCUT2D eigenvalue weighted by atomic mass is 10.0. The number of rotatable bonds is 8. The zero-order valence-corrected chi connectivity index (χ0v) is 22.2. The van der Waals surface area contributed by atoms with Gasteiger partial charge in [-0.25, -0.2) is 18.5 Å². The van der Waals surface area contributed by atoms with Gasteiger partial charge in [-0.1, -0.05) is 19.1 Å². The predicted octanol–water partition coefficient (Wildman–Crippen LogP) is 3.14. The van der Waals surface area contributed by atoms with Crippen LogP contribution in [0.4, 0.5) is 5.69 Å². The summed E-state index contributed by atoms with van der Waals surface area (Å²) in [5.41, 5.74) is 4.81. The number of pyridine rings is 1. The van der Waals surface area contributed by atoms with Crippen LogP contribution in [0.25, 0.3) is 22.3 Å². The third kappa shape index (κ3) is 4.96. The number of anilines is 1. The maximum Gasteiger partial charge on any atom is 0.241 e. The quantitative estimate of drug-likeness (QED) is 0.489. The highest BCUT2D eigenvalue weighted by atomic mass is 32.2. The second-order valence-corrected chi connectivity index (χ2v) is 12.0. The monoisotopic (exact) mass is 522 g/mol. The van der Waals surface area contributed by atoms with Crippen LogP contribution in [0.3, 0.4) is 0 Å². The molecule has 1 saturated carbocycles. The smallest absolute Gasteiger partial charge is 0.241 e. The second-order valence-electron chi connectivity index (χ2n) is 10.2. The van der Waals surface area contributed by atoms with E-state index in [1.807, 2.05) is 26.2 Å². The lowest BCUT2D eigenvalue weighted by molar-refractivity contribution is -0.119. The summed E-state index contributed by atoms with van der Waals surface area (Å²) in [6, 6.07) is 11.0. The van der Waals surface area contributed by atoms with Crippen molar-refractivity contribution in [2.75, 3.05) is 43.4 Å². The van der Waals surface area contributed by atoms with Crippen LogP contribution < -0.4 is 15.0 Å². The first kappa shape index (κ1) is 24.4. The van der Waals surface area contributed by atoms with Gasteiger partial charge in [0.05, 0.1) is 28.5 Å². The molecule has 4 heterocycles. The molecule has 3 fully saturated rings. The minimum absolute atomic E-state index is 0.0791. The fourth-order valence-corrected chi connectivity index (χ4v) is 6.23. The van der Waals surface area contributed by atoms with Gasteiger partial charge in [0.25, 0.3) is 0 Å². The maximum absolute atomic E-state index is 12.1. The zero-order chi connectivity index (χ0) is 25.5. The molecule has 1 unspecified atom stereocenters. The van der Waals surface area contributed by atoms with Gasteiger partial charge in [0.15, 0.2) is 0 Å². The Morgan fingerprint density at radius 2 is 1.92 bits per heavy atom. The van der Waals surface area contributed by atoms with Gasteiger partial charge in [-0.3, -0.25) is 4.79 Å². The summed E-state index contributed by atoms with van der Waals surface area (Å²) < 4.78 is 22.8. The summed E-state index contributed by atoms with van der Waals surface area (Å²) in [5.74, 6) is 1.47. The third-order valence-electron chi connectivity index (χ3n) is 7.73. The largest absolute Gasteiger partial charge is 0.473 e. The average molecular weight is 523 g/mol. The van der Waals surface area contributed by atoms with Gasteiger partial charge in [-0.05, 0) is 38.0 Å². The van der Waals surface area contributed by atoms with E-state index in [4.69, 9.17) is 14.7 Å². The first-order valence-electron chi connectivity index (χ1n) is 13.3. The maximum atomic E-state index is 12.1. The van der Waals surface area contributed by atoms with Gasteiger partial charge in [0.2, 0.25) is 11.8 Å². The van der Waals surface area contributed by atoms with E-state index < -0.39 is 11.0 Å². The molecule has 0 bridgehead atoms. The number of piperazine rings is 1. The fraction of sp³-hybridized carbons (Fsp3) is 0.519. The van der Waals surface area contributed by atoms with Crippen molar-refractivity contribution in [3.8, 4) is 17.1 Å². The molecule has 3 aromatic rings. The molecule has 1 aliphatic carbocycles. The van der Waals surface area contributed by atoms with Crippen LogP contribution in [0.5, 0.6) is 5.88 Å². The summed E-state index contributed by atoms with van der Waals surface area (Å²) in [6.07, 6.45) is 4.53. The van der Waals surface area contributed by atoms with Crippen molar-refractivity contribution < 1.29 is 13.7 Å². The van der Waals surface area contributed by atoms with Gasteiger partial charge in [0, 0.05) is 68.1 Å². The van der Waals surface area contributed by atoms with E-state index in [1.165, 1.54) is 0 Å². The van der Waals surface area contributed by atoms with Crippen LogP contribution in [0.15, 0.2) is 36.7 Å². The van der Waals surface area contributed by atoms with Crippen LogP contribution >= 0.6 is 0 Å². The Morgan fingerprint density at radius 1 is 1.16 bits per heavy atom. The molecule has 3 aliphatic rings. The average Bonchev–Trinajstić information content (AvgIpc) is 3.53. The number of carbonyl (C=O) groups excluding carboxylic acids is 1. The van der Waals surface area contributed by atoms with Crippen LogP contribution in [-0.4, -0.2) is 73.5 Å². The van der Waals surface area contributed by atoms with E-state index in [0.29, 0.717) is 30.6 Å². The van der Waals surface area contributed by atoms with E-state index in [0.717, 1.165) is 67.0 Å². The molecule has 196 valence electrons. The van der Waals surface area contributed by atoms with E-state index in [9.17, 15) is 9.00 Å². The number of carbonyl (C=O) groups is 1. The predicted molar refractivity (Wildman–Crippen MR) is 145 cm³/mol. The number of amides is 1. The van der Waals surface area contributed by atoms with Gasteiger partial charge in [0.1, 0.15) is 11.6 Å². The summed E-state index contributed by atoms with van der Waals surface area (Å²) >= 11 is 0.